The van der Waals surface area contributed by atoms with Crippen molar-refractivity contribution in [1.29, 1.82) is 0 Å². The Balaban J connectivity index is 1.60. The van der Waals surface area contributed by atoms with Gasteiger partial charge in [-0.3, -0.25) is 9.10 Å². The van der Waals surface area contributed by atoms with Crippen LogP contribution in [-0.4, -0.2) is 33.6 Å². The van der Waals surface area contributed by atoms with Crippen molar-refractivity contribution in [2.45, 2.75) is 24.8 Å². The fraction of sp³-hybridized carbons (Fsp3) is 0.192. The van der Waals surface area contributed by atoms with Crippen molar-refractivity contribution in [2.24, 2.45) is 0 Å². The molecule has 7 nitrogen and oxygen atoms in total. The first-order valence-electron chi connectivity index (χ1n) is 10.8. The van der Waals surface area contributed by atoms with E-state index in [-0.39, 0.29) is 11.4 Å². The SMILES string of the molecule is C=CCOc1ccc(NC(=O)[C@H]2CN(S(=O)(=O)c3ccc(C)cc3)c3ccc(C)cc3O2)cc1. The number of nitrogens with one attached hydrogen (secondary N) is 1. The number of carbonyl (C=O) groups is 1. The van der Waals surface area contributed by atoms with Crippen LogP contribution in [0.5, 0.6) is 11.5 Å². The summed E-state index contributed by atoms with van der Waals surface area (Å²) >= 11 is 0. The minimum atomic E-state index is -3.91. The van der Waals surface area contributed by atoms with E-state index >= 15 is 0 Å². The minimum absolute atomic E-state index is 0.154. The maximum Gasteiger partial charge on any atom is 0.267 e. The lowest BCUT2D eigenvalue weighted by molar-refractivity contribution is -0.122. The van der Waals surface area contributed by atoms with Crippen LogP contribution < -0.4 is 19.1 Å². The number of ether oxygens (including phenoxy) is 2. The van der Waals surface area contributed by atoms with E-state index in [1.165, 1.54) is 4.31 Å². The predicted molar refractivity (Wildman–Crippen MR) is 132 cm³/mol. The quantitative estimate of drug-likeness (QED) is 0.507. The van der Waals surface area contributed by atoms with Gasteiger partial charge in [-0.1, -0.05) is 36.4 Å². The molecule has 0 saturated heterocycles. The topological polar surface area (TPSA) is 84.9 Å². The summed E-state index contributed by atoms with van der Waals surface area (Å²) in [5.41, 5.74) is 2.79. The Hall–Kier alpha value is -3.78. The zero-order chi connectivity index (χ0) is 24.3. The largest absolute Gasteiger partial charge is 0.490 e. The third-order valence-corrected chi connectivity index (χ3v) is 7.17. The van der Waals surface area contributed by atoms with Gasteiger partial charge in [0.1, 0.15) is 18.1 Å². The second-order valence-corrected chi connectivity index (χ2v) is 9.90. The van der Waals surface area contributed by atoms with E-state index in [1.807, 2.05) is 19.9 Å². The highest BCUT2D eigenvalue weighted by atomic mass is 32.2. The second kappa shape index (κ2) is 9.61. The molecule has 4 rings (SSSR count). The molecule has 1 atom stereocenters. The highest BCUT2D eigenvalue weighted by Gasteiger charge is 2.37. The Morgan fingerprint density at radius 3 is 2.44 bits per heavy atom. The summed E-state index contributed by atoms with van der Waals surface area (Å²) in [4.78, 5) is 13.2. The number of amides is 1. The second-order valence-electron chi connectivity index (χ2n) is 8.04. The maximum absolute atomic E-state index is 13.5. The Morgan fingerprint density at radius 2 is 1.76 bits per heavy atom. The lowest BCUT2D eigenvalue weighted by Gasteiger charge is -2.35. The molecular weight excluding hydrogens is 452 g/mol. The van der Waals surface area contributed by atoms with Crippen LogP contribution in [0, 0.1) is 13.8 Å². The number of nitrogens with zero attached hydrogens (tertiary/aromatic N) is 1. The zero-order valence-electron chi connectivity index (χ0n) is 19.0. The normalized spacial score (nSPS) is 15.1. The molecule has 3 aromatic carbocycles. The molecule has 0 fully saturated rings. The summed E-state index contributed by atoms with van der Waals surface area (Å²) in [6.07, 6.45) is 0.609. The molecule has 8 heteroatoms. The Bertz CT molecular complexity index is 1300. The van der Waals surface area contributed by atoms with Crippen LogP contribution in [0.15, 0.2) is 84.3 Å². The van der Waals surface area contributed by atoms with Crippen LogP contribution in [0.25, 0.3) is 0 Å². The van der Waals surface area contributed by atoms with Gasteiger partial charge in [0.2, 0.25) is 0 Å². The van der Waals surface area contributed by atoms with Crippen molar-refractivity contribution in [3.05, 3.63) is 90.5 Å². The molecule has 1 heterocycles. The van der Waals surface area contributed by atoms with Crippen LogP contribution in [0.4, 0.5) is 11.4 Å². The lowest BCUT2D eigenvalue weighted by atomic mass is 10.1. The number of hydrogen-bond donors (Lipinski definition) is 1. The van der Waals surface area contributed by atoms with Crippen LogP contribution in [0.3, 0.4) is 0 Å². The molecule has 0 radical (unpaired) electrons. The summed E-state index contributed by atoms with van der Waals surface area (Å²) in [6, 6.07) is 18.8. The average Bonchev–Trinajstić information content (AvgIpc) is 2.83. The number of benzene rings is 3. The van der Waals surface area contributed by atoms with Crippen molar-refractivity contribution < 1.29 is 22.7 Å². The van der Waals surface area contributed by atoms with E-state index in [4.69, 9.17) is 9.47 Å². The third kappa shape index (κ3) is 4.92. The van der Waals surface area contributed by atoms with Gasteiger partial charge in [-0.2, -0.15) is 0 Å². The molecule has 1 N–H and O–H groups in total. The molecule has 1 aliphatic heterocycles. The van der Waals surface area contributed by atoms with Gasteiger partial charge in [0.25, 0.3) is 15.9 Å². The van der Waals surface area contributed by atoms with Crippen LogP contribution in [0.2, 0.25) is 0 Å². The number of rotatable bonds is 7. The van der Waals surface area contributed by atoms with Crippen molar-refractivity contribution in [1.82, 2.24) is 0 Å². The number of hydrogen-bond acceptors (Lipinski definition) is 5. The van der Waals surface area contributed by atoms with Gasteiger partial charge < -0.3 is 14.8 Å². The first-order valence-corrected chi connectivity index (χ1v) is 12.2. The fourth-order valence-electron chi connectivity index (χ4n) is 3.58. The molecule has 0 unspecified atom stereocenters. The molecule has 34 heavy (non-hydrogen) atoms. The summed E-state index contributed by atoms with van der Waals surface area (Å²) in [5.74, 6) is 0.540. The van der Waals surface area contributed by atoms with Gasteiger partial charge in [0.15, 0.2) is 6.10 Å². The van der Waals surface area contributed by atoms with E-state index in [0.717, 1.165) is 11.1 Å². The number of sulfonamides is 1. The van der Waals surface area contributed by atoms with Gasteiger partial charge in [-0.05, 0) is 67.9 Å². The standard InChI is InChI=1S/C26H26N2O5S/c1-4-15-32-21-10-8-20(9-11-21)27-26(29)25-17-28(23-14-7-19(3)16-24(23)33-25)34(30,31)22-12-5-18(2)6-13-22/h4-14,16,25H,1,15,17H2,2-3H3,(H,27,29)/t25-/m1/s1. The highest BCUT2D eigenvalue weighted by Crippen LogP contribution is 2.38. The lowest BCUT2D eigenvalue weighted by Crippen LogP contribution is -2.48. The highest BCUT2D eigenvalue weighted by molar-refractivity contribution is 7.92. The number of aryl methyl sites for hydroxylation is 2. The minimum Gasteiger partial charge on any atom is -0.490 e. The van der Waals surface area contributed by atoms with E-state index in [9.17, 15) is 13.2 Å². The van der Waals surface area contributed by atoms with Gasteiger partial charge >= 0.3 is 0 Å². The molecule has 1 aliphatic rings. The number of carbonyl (C=O) groups excluding carboxylic acids is 1. The Labute approximate surface area is 199 Å². The van der Waals surface area contributed by atoms with Crippen LogP contribution in [-0.2, 0) is 14.8 Å². The summed E-state index contributed by atoms with van der Waals surface area (Å²) in [5, 5.41) is 2.80. The fourth-order valence-corrected chi connectivity index (χ4v) is 5.05. The third-order valence-electron chi connectivity index (χ3n) is 5.38. The average molecular weight is 479 g/mol. The summed E-state index contributed by atoms with van der Waals surface area (Å²) in [7, 11) is -3.91. The molecule has 176 valence electrons. The summed E-state index contributed by atoms with van der Waals surface area (Å²) < 4.78 is 39.7. The monoisotopic (exact) mass is 478 g/mol. The van der Waals surface area contributed by atoms with E-state index in [2.05, 4.69) is 11.9 Å². The van der Waals surface area contributed by atoms with Crippen LogP contribution in [0.1, 0.15) is 11.1 Å². The van der Waals surface area contributed by atoms with Gasteiger partial charge in [0, 0.05) is 5.69 Å². The van der Waals surface area contributed by atoms with Crippen molar-refractivity contribution in [3.8, 4) is 11.5 Å². The van der Waals surface area contributed by atoms with Gasteiger partial charge in [0.05, 0.1) is 17.1 Å². The number of fused-ring (bicyclic) bond motifs is 1. The smallest absolute Gasteiger partial charge is 0.267 e. The van der Waals surface area contributed by atoms with Crippen LogP contribution >= 0.6 is 0 Å². The van der Waals surface area contributed by atoms with E-state index in [1.54, 1.807) is 66.7 Å². The first kappa shape index (κ1) is 23.4. The molecule has 1 amide bonds. The molecule has 0 aromatic heterocycles. The zero-order valence-corrected chi connectivity index (χ0v) is 19.8. The van der Waals surface area contributed by atoms with E-state index < -0.39 is 22.0 Å². The van der Waals surface area contributed by atoms with Gasteiger partial charge in [-0.15, -0.1) is 0 Å². The van der Waals surface area contributed by atoms with Gasteiger partial charge in [-0.25, -0.2) is 8.42 Å². The molecule has 0 spiro atoms. The van der Waals surface area contributed by atoms with Crippen molar-refractivity contribution in [3.63, 3.8) is 0 Å². The maximum atomic E-state index is 13.5. The predicted octanol–water partition coefficient (Wildman–Crippen LogP) is 4.46. The van der Waals surface area contributed by atoms with Crippen molar-refractivity contribution in [2.75, 3.05) is 22.8 Å². The molecule has 0 aliphatic carbocycles. The summed E-state index contributed by atoms with van der Waals surface area (Å²) in [6.45, 7) is 7.60. The number of anilines is 2. The molecule has 0 bridgehead atoms. The molecular formula is C26H26N2O5S. The first-order chi connectivity index (χ1) is 16.3. The molecule has 0 saturated carbocycles. The van der Waals surface area contributed by atoms with Crippen molar-refractivity contribution >= 4 is 27.3 Å². The Morgan fingerprint density at radius 1 is 1.09 bits per heavy atom. The van der Waals surface area contributed by atoms with E-state index in [0.29, 0.717) is 29.5 Å². The Kier molecular flexibility index (Phi) is 6.61. The molecule has 3 aromatic rings.